The van der Waals surface area contributed by atoms with Crippen LogP contribution in [0.3, 0.4) is 0 Å². The molecule has 0 aromatic heterocycles. The lowest BCUT2D eigenvalue weighted by Gasteiger charge is -2.38. The van der Waals surface area contributed by atoms with Gasteiger partial charge in [0.15, 0.2) is 0 Å². The van der Waals surface area contributed by atoms with Gasteiger partial charge in [0.1, 0.15) is 5.82 Å². The van der Waals surface area contributed by atoms with Gasteiger partial charge in [-0.05, 0) is 48.3 Å². The highest BCUT2D eigenvalue weighted by atomic mass is 19.1. The van der Waals surface area contributed by atoms with E-state index in [0.717, 1.165) is 11.8 Å². The molecular formula is C13H17F. The van der Waals surface area contributed by atoms with Gasteiger partial charge in [-0.1, -0.05) is 26.0 Å². The van der Waals surface area contributed by atoms with Crippen molar-refractivity contribution in [2.75, 3.05) is 0 Å². The fraction of sp³-hybridized carbons (Fsp3) is 0.538. The summed E-state index contributed by atoms with van der Waals surface area (Å²) in [6.07, 6.45) is 2.56. The Kier molecular flexibility index (Phi) is 2.58. The molecule has 0 aliphatic heterocycles. The maximum absolute atomic E-state index is 12.7. The van der Waals surface area contributed by atoms with Crippen molar-refractivity contribution in [3.63, 3.8) is 0 Å². The Balaban J connectivity index is 1.96. The van der Waals surface area contributed by atoms with Crippen LogP contribution >= 0.6 is 0 Å². The molecule has 1 aliphatic rings. The predicted molar refractivity (Wildman–Crippen MR) is 56.7 cm³/mol. The summed E-state index contributed by atoms with van der Waals surface area (Å²) in [6.45, 7) is 4.57. The summed E-state index contributed by atoms with van der Waals surface area (Å²) >= 11 is 0. The van der Waals surface area contributed by atoms with E-state index in [1.165, 1.54) is 18.4 Å². The zero-order valence-corrected chi connectivity index (χ0v) is 8.83. The molecule has 0 atom stereocenters. The van der Waals surface area contributed by atoms with Gasteiger partial charge in [0, 0.05) is 0 Å². The first kappa shape index (κ1) is 9.70. The minimum absolute atomic E-state index is 0.131. The van der Waals surface area contributed by atoms with Gasteiger partial charge in [-0.3, -0.25) is 0 Å². The highest BCUT2D eigenvalue weighted by Crippen LogP contribution is 2.44. The van der Waals surface area contributed by atoms with Gasteiger partial charge in [-0.2, -0.15) is 0 Å². The molecule has 0 radical (unpaired) electrons. The van der Waals surface area contributed by atoms with Gasteiger partial charge in [-0.25, -0.2) is 4.39 Å². The third kappa shape index (κ3) is 1.82. The average molecular weight is 192 g/mol. The van der Waals surface area contributed by atoms with Crippen LogP contribution in [0.1, 0.15) is 38.2 Å². The summed E-state index contributed by atoms with van der Waals surface area (Å²) in [5, 5.41) is 0. The lowest BCUT2D eigenvalue weighted by Crippen LogP contribution is -2.25. The largest absolute Gasteiger partial charge is 0.207 e. The number of hydrogen-bond donors (Lipinski definition) is 0. The van der Waals surface area contributed by atoms with Crippen LogP contribution in [0.2, 0.25) is 0 Å². The van der Waals surface area contributed by atoms with Crippen LogP contribution < -0.4 is 0 Å². The van der Waals surface area contributed by atoms with Crippen molar-refractivity contribution >= 4 is 0 Å². The van der Waals surface area contributed by atoms with Gasteiger partial charge in [0.25, 0.3) is 0 Å². The second-order valence-electron chi connectivity index (χ2n) is 4.72. The van der Waals surface area contributed by atoms with E-state index in [9.17, 15) is 4.39 Å². The van der Waals surface area contributed by atoms with Gasteiger partial charge >= 0.3 is 0 Å². The Morgan fingerprint density at radius 3 is 2.21 bits per heavy atom. The molecule has 0 N–H and O–H groups in total. The van der Waals surface area contributed by atoms with E-state index >= 15 is 0 Å². The zero-order valence-electron chi connectivity index (χ0n) is 8.83. The van der Waals surface area contributed by atoms with Crippen LogP contribution in [0, 0.1) is 17.7 Å². The molecule has 0 unspecified atom stereocenters. The monoisotopic (exact) mass is 192 g/mol. The number of benzene rings is 1. The Bertz CT molecular complexity index is 294. The van der Waals surface area contributed by atoms with E-state index < -0.39 is 0 Å². The van der Waals surface area contributed by atoms with E-state index in [-0.39, 0.29) is 5.82 Å². The summed E-state index contributed by atoms with van der Waals surface area (Å²) < 4.78 is 12.7. The molecule has 2 rings (SSSR count). The minimum atomic E-state index is -0.131. The molecule has 1 saturated carbocycles. The molecule has 0 spiro atoms. The molecule has 1 aromatic rings. The summed E-state index contributed by atoms with van der Waals surface area (Å²) in [7, 11) is 0. The highest BCUT2D eigenvalue weighted by molar-refractivity contribution is 5.22. The third-order valence-corrected chi connectivity index (χ3v) is 3.46. The summed E-state index contributed by atoms with van der Waals surface area (Å²) in [5.74, 6) is 2.23. The maximum Gasteiger partial charge on any atom is 0.123 e. The zero-order chi connectivity index (χ0) is 10.1. The van der Waals surface area contributed by atoms with Crippen molar-refractivity contribution in [1.82, 2.24) is 0 Å². The lowest BCUT2D eigenvalue weighted by molar-refractivity contribution is 0.196. The van der Waals surface area contributed by atoms with E-state index in [1.807, 2.05) is 12.1 Å². The fourth-order valence-electron chi connectivity index (χ4n) is 2.21. The first-order chi connectivity index (χ1) is 6.66. The maximum atomic E-state index is 12.7. The lowest BCUT2D eigenvalue weighted by atomic mass is 9.67. The van der Waals surface area contributed by atoms with Gasteiger partial charge in [0.2, 0.25) is 0 Å². The molecule has 0 saturated heterocycles. The molecule has 1 fully saturated rings. The molecule has 0 amide bonds. The second-order valence-corrected chi connectivity index (χ2v) is 4.72. The Morgan fingerprint density at radius 2 is 1.71 bits per heavy atom. The Morgan fingerprint density at radius 1 is 1.14 bits per heavy atom. The molecule has 14 heavy (non-hydrogen) atoms. The van der Waals surface area contributed by atoms with Gasteiger partial charge in [0.05, 0.1) is 0 Å². The van der Waals surface area contributed by atoms with Crippen molar-refractivity contribution < 1.29 is 4.39 Å². The number of halogens is 1. The van der Waals surface area contributed by atoms with Gasteiger partial charge < -0.3 is 0 Å². The number of rotatable bonds is 2. The number of hydrogen-bond acceptors (Lipinski definition) is 0. The Hall–Kier alpha value is -0.850. The van der Waals surface area contributed by atoms with Crippen molar-refractivity contribution in [3.8, 4) is 0 Å². The first-order valence-corrected chi connectivity index (χ1v) is 5.42. The van der Waals surface area contributed by atoms with E-state index in [0.29, 0.717) is 5.92 Å². The SMILES string of the molecule is CC(C)[C@H]1C[C@H](c2ccc(F)cc2)C1. The van der Waals surface area contributed by atoms with Crippen molar-refractivity contribution in [2.24, 2.45) is 11.8 Å². The van der Waals surface area contributed by atoms with Crippen LogP contribution in [0.15, 0.2) is 24.3 Å². The van der Waals surface area contributed by atoms with Crippen LogP contribution in [0.4, 0.5) is 4.39 Å². The third-order valence-electron chi connectivity index (χ3n) is 3.46. The second kappa shape index (κ2) is 3.72. The van der Waals surface area contributed by atoms with Gasteiger partial charge in [-0.15, -0.1) is 0 Å². The first-order valence-electron chi connectivity index (χ1n) is 5.42. The minimum Gasteiger partial charge on any atom is -0.207 e. The molecule has 1 aromatic carbocycles. The standard InChI is InChI=1S/C13H17F/c1-9(2)11-7-12(8-11)10-3-5-13(14)6-4-10/h3-6,9,11-12H,7-8H2,1-2H3/t11-,12-. The van der Waals surface area contributed by atoms with E-state index in [4.69, 9.17) is 0 Å². The molecule has 0 bridgehead atoms. The topological polar surface area (TPSA) is 0 Å². The molecule has 0 nitrogen and oxygen atoms in total. The van der Waals surface area contributed by atoms with Crippen LogP contribution in [0.5, 0.6) is 0 Å². The van der Waals surface area contributed by atoms with Crippen LogP contribution in [-0.4, -0.2) is 0 Å². The molecule has 1 heteroatoms. The van der Waals surface area contributed by atoms with Crippen molar-refractivity contribution in [2.45, 2.75) is 32.6 Å². The van der Waals surface area contributed by atoms with E-state index in [2.05, 4.69) is 13.8 Å². The highest BCUT2D eigenvalue weighted by Gasteiger charge is 2.31. The van der Waals surface area contributed by atoms with Crippen molar-refractivity contribution in [3.05, 3.63) is 35.6 Å². The molecule has 1 aliphatic carbocycles. The smallest absolute Gasteiger partial charge is 0.123 e. The molecule has 76 valence electrons. The van der Waals surface area contributed by atoms with E-state index in [1.54, 1.807) is 12.1 Å². The summed E-state index contributed by atoms with van der Waals surface area (Å²) in [6, 6.07) is 6.99. The Labute approximate surface area is 85.1 Å². The van der Waals surface area contributed by atoms with Crippen LogP contribution in [0.25, 0.3) is 0 Å². The predicted octanol–water partition coefficient (Wildman–Crippen LogP) is 3.98. The normalized spacial score (nSPS) is 26.3. The quantitative estimate of drug-likeness (QED) is 0.665. The fourth-order valence-corrected chi connectivity index (χ4v) is 2.21. The molecule has 0 heterocycles. The average Bonchev–Trinajstić information content (AvgIpc) is 2.05. The summed E-state index contributed by atoms with van der Waals surface area (Å²) in [5.41, 5.74) is 1.31. The summed E-state index contributed by atoms with van der Waals surface area (Å²) in [4.78, 5) is 0. The van der Waals surface area contributed by atoms with Crippen LogP contribution in [-0.2, 0) is 0 Å². The van der Waals surface area contributed by atoms with Crippen molar-refractivity contribution in [1.29, 1.82) is 0 Å². The molecular weight excluding hydrogens is 175 g/mol.